The molecule has 1 aliphatic rings. The first kappa shape index (κ1) is 15.0. The number of nitrogens with one attached hydrogen (secondary N) is 1. The number of aromatic nitrogens is 2. The molecule has 0 amide bonds. The highest BCUT2D eigenvalue weighted by molar-refractivity contribution is 5.75. The van der Waals surface area contributed by atoms with Crippen molar-refractivity contribution in [1.29, 1.82) is 0 Å². The van der Waals surface area contributed by atoms with E-state index in [-0.39, 0.29) is 12.0 Å². The summed E-state index contributed by atoms with van der Waals surface area (Å²) in [5.74, 6) is 0.970. The maximum atomic E-state index is 12.0. The Hall–Kier alpha value is -1.36. The number of ether oxygens (including phenoxy) is 1. The van der Waals surface area contributed by atoms with Crippen molar-refractivity contribution in [3.63, 3.8) is 0 Å². The van der Waals surface area contributed by atoms with Crippen molar-refractivity contribution in [2.45, 2.75) is 64.6 Å². The van der Waals surface area contributed by atoms with Gasteiger partial charge in [-0.25, -0.2) is 4.98 Å². The smallest absolute Gasteiger partial charge is 0.323 e. The van der Waals surface area contributed by atoms with Gasteiger partial charge in [0.25, 0.3) is 0 Å². The third-order valence-electron chi connectivity index (χ3n) is 3.52. The van der Waals surface area contributed by atoms with E-state index in [0.29, 0.717) is 12.6 Å². The number of esters is 1. The Balaban J connectivity index is 1.89. The second-order valence-electron chi connectivity index (χ2n) is 5.32. The van der Waals surface area contributed by atoms with Gasteiger partial charge in [-0.05, 0) is 32.6 Å². The van der Waals surface area contributed by atoms with E-state index in [1.807, 2.05) is 19.3 Å². The molecule has 20 heavy (non-hydrogen) atoms. The van der Waals surface area contributed by atoms with Crippen LogP contribution in [0.25, 0.3) is 0 Å². The predicted octanol–water partition coefficient (Wildman–Crippen LogP) is 1.91. The first-order chi connectivity index (χ1) is 9.74. The highest BCUT2D eigenvalue weighted by Gasteiger charge is 2.29. The van der Waals surface area contributed by atoms with Crippen LogP contribution in [0.1, 0.15) is 45.4 Å². The third-order valence-corrected chi connectivity index (χ3v) is 3.52. The molecule has 2 rings (SSSR count). The van der Waals surface area contributed by atoms with Crippen LogP contribution in [-0.2, 0) is 22.5 Å². The lowest BCUT2D eigenvalue weighted by molar-refractivity contribution is -0.146. The number of hydrogen-bond donors (Lipinski definition) is 1. The van der Waals surface area contributed by atoms with Crippen molar-refractivity contribution in [3.8, 4) is 0 Å². The van der Waals surface area contributed by atoms with E-state index in [1.54, 1.807) is 0 Å². The molecule has 1 aromatic rings. The molecule has 0 radical (unpaired) electrons. The Kier molecular flexibility index (Phi) is 5.59. The minimum atomic E-state index is -0.195. The number of carbonyl (C=O) groups excluding carboxylic acids is 1. The zero-order valence-electron chi connectivity index (χ0n) is 12.5. The lowest BCUT2D eigenvalue weighted by atomic mass is 10.2. The normalized spacial score (nSPS) is 16.1. The molecule has 1 heterocycles. The van der Waals surface area contributed by atoms with E-state index >= 15 is 0 Å². The monoisotopic (exact) mass is 279 g/mol. The molecule has 5 nitrogen and oxygen atoms in total. The third kappa shape index (κ3) is 4.34. The van der Waals surface area contributed by atoms with Crippen LogP contribution in [-0.4, -0.2) is 34.2 Å². The number of rotatable bonds is 9. The molecule has 0 bridgehead atoms. The summed E-state index contributed by atoms with van der Waals surface area (Å²) in [5.41, 5.74) is 0. The lowest BCUT2D eigenvalue weighted by Crippen LogP contribution is -2.40. The summed E-state index contributed by atoms with van der Waals surface area (Å²) in [6.45, 7) is 5.24. The first-order valence-electron chi connectivity index (χ1n) is 7.67. The van der Waals surface area contributed by atoms with Crippen LogP contribution in [0.3, 0.4) is 0 Å². The van der Waals surface area contributed by atoms with E-state index in [1.165, 1.54) is 12.8 Å². The second kappa shape index (κ2) is 7.43. The average molecular weight is 279 g/mol. The highest BCUT2D eigenvalue weighted by atomic mass is 16.5. The van der Waals surface area contributed by atoms with Gasteiger partial charge >= 0.3 is 5.97 Å². The average Bonchev–Trinajstić information content (AvgIpc) is 3.15. The molecule has 0 aromatic carbocycles. The van der Waals surface area contributed by atoms with Gasteiger partial charge < -0.3 is 14.6 Å². The Morgan fingerprint density at radius 1 is 1.55 bits per heavy atom. The molecule has 0 spiro atoms. The number of carbonyl (C=O) groups is 1. The Bertz CT molecular complexity index is 427. The van der Waals surface area contributed by atoms with Crippen LogP contribution in [0.4, 0.5) is 0 Å². The number of hydrogen-bond acceptors (Lipinski definition) is 4. The molecule has 5 heteroatoms. The maximum Gasteiger partial charge on any atom is 0.323 e. The van der Waals surface area contributed by atoms with Gasteiger partial charge in [-0.15, -0.1) is 0 Å². The molecular weight excluding hydrogens is 254 g/mol. The van der Waals surface area contributed by atoms with Crippen LogP contribution < -0.4 is 5.32 Å². The molecule has 1 saturated carbocycles. The fourth-order valence-corrected chi connectivity index (χ4v) is 2.31. The molecule has 1 aromatic heterocycles. The molecular formula is C15H25N3O2. The van der Waals surface area contributed by atoms with Gasteiger partial charge in [-0.1, -0.05) is 6.92 Å². The van der Waals surface area contributed by atoms with Crippen LogP contribution in [0.15, 0.2) is 12.4 Å². The van der Waals surface area contributed by atoms with Gasteiger partial charge in [-0.2, -0.15) is 0 Å². The summed E-state index contributed by atoms with van der Waals surface area (Å²) in [6, 6.07) is 0.307. The van der Waals surface area contributed by atoms with Crippen LogP contribution >= 0.6 is 0 Å². The summed E-state index contributed by atoms with van der Waals surface area (Å²) in [7, 11) is 0. The molecule has 0 saturated heterocycles. The summed E-state index contributed by atoms with van der Waals surface area (Å²) in [5, 5.41) is 3.38. The van der Waals surface area contributed by atoms with Gasteiger partial charge in [0.2, 0.25) is 0 Å². The largest absolute Gasteiger partial charge is 0.465 e. The predicted molar refractivity (Wildman–Crippen MR) is 77.4 cm³/mol. The van der Waals surface area contributed by atoms with E-state index in [2.05, 4.69) is 21.8 Å². The number of nitrogens with zero attached hydrogens (tertiary/aromatic N) is 2. The summed E-state index contributed by atoms with van der Waals surface area (Å²) in [4.78, 5) is 16.3. The molecule has 1 atom stereocenters. The van der Waals surface area contributed by atoms with E-state index < -0.39 is 0 Å². The van der Waals surface area contributed by atoms with Gasteiger partial charge in [0.1, 0.15) is 11.9 Å². The van der Waals surface area contributed by atoms with Crippen molar-refractivity contribution in [3.05, 3.63) is 18.2 Å². The van der Waals surface area contributed by atoms with Crippen molar-refractivity contribution in [1.82, 2.24) is 14.9 Å². The van der Waals surface area contributed by atoms with Crippen LogP contribution in [0.2, 0.25) is 0 Å². The molecule has 1 N–H and O–H groups in total. The zero-order valence-corrected chi connectivity index (χ0v) is 12.5. The Labute approximate surface area is 120 Å². The first-order valence-corrected chi connectivity index (χ1v) is 7.67. The topological polar surface area (TPSA) is 56.2 Å². The molecule has 1 unspecified atom stereocenters. The van der Waals surface area contributed by atoms with Gasteiger partial charge in [-0.3, -0.25) is 4.79 Å². The summed E-state index contributed by atoms with van der Waals surface area (Å²) >= 11 is 0. The number of imidazole rings is 1. The van der Waals surface area contributed by atoms with E-state index in [0.717, 1.165) is 31.6 Å². The molecule has 1 aliphatic carbocycles. The van der Waals surface area contributed by atoms with Gasteiger partial charge in [0.15, 0.2) is 0 Å². The molecule has 0 aliphatic heterocycles. The van der Waals surface area contributed by atoms with Crippen molar-refractivity contribution >= 4 is 5.97 Å². The van der Waals surface area contributed by atoms with E-state index in [9.17, 15) is 4.79 Å². The van der Waals surface area contributed by atoms with Gasteiger partial charge in [0.05, 0.1) is 6.61 Å². The van der Waals surface area contributed by atoms with Crippen LogP contribution in [0.5, 0.6) is 0 Å². The van der Waals surface area contributed by atoms with Crippen molar-refractivity contribution in [2.24, 2.45) is 0 Å². The fraction of sp³-hybridized carbons (Fsp3) is 0.733. The maximum absolute atomic E-state index is 12.0. The Morgan fingerprint density at radius 2 is 2.35 bits per heavy atom. The minimum Gasteiger partial charge on any atom is -0.465 e. The SMILES string of the molecule is CCCc1nccn1CCC(NC1CC1)C(=O)OCC. The second-order valence-corrected chi connectivity index (χ2v) is 5.32. The zero-order chi connectivity index (χ0) is 14.4. The van der Waals surface area contributed by atoms with Gasteiger partial charge in [0, 0.05) is 31.4 Å². The highest BCUT2D eigenvalue weighted by Crippen LogP contribution is 2.20. The quantitative estimate of drug-likeness (QED) is 0.702. The van der Waals surface area contributed by atoms with Crippen molar-refractivity contribution < 1.29 is 9.53 Å². The molecule has 1 fully saturated rings. The van der Waals surface area contributed by atoms with Crippen molar-refractivity contribution in [2.75, 3.05) is 6.61 Å². The summed E-state index contributed by atoms with van der Waals surface area (Å²) in [6.07, 6.45) is 8.97. The molecule has 112 valence electrons. The number of aryl methyl sites for hydroxylation is 2. The van der Waals surface area contributed by atoms with E-state index in [4.69, 9.17) is 4.74 Å². The summed E-state index contributed by atoms with van der Waals surface area (Å²) < 4.78 is 7.30. The standard InChI is InChI=1S/C15H25N3O2/c1-3-5-14-16-9-11-18(14)10-8-13(15(19)20-4-2)17-12-6-7-12/h9,11-13,17H,3-8,10H2,1-2H3. The minimum absolute atomic E-state index is 0.128. The lowest BCUT2D eigenvalue weighted by Gasteiger charge is -2.17. The Morgan fingerprint density at radius 3 is 3.00 bits per heavy atom. The van der Waals surface area contributed by atoms with Crippen LogP contribution in [0, 0.1) is 0 Å². The fourth-order valence-electron chi connectivity index (χ4n) is 2.31.